The molecule has 2 aromatic rings. The lowest BCUT2D eigenvalue weighted by Crippen LogP contribution is -2.10. The summed E-state index contributed by atoms with van der Waals surface area (Å²) < 4.78 is 30.3. The molecule has 3 N–H and O–H groups in total. The molecule has 150 valence electrons. The monoisotopic (exact) mass is 405 g/mol. The lowest BCUT2D eigenvalue weighted by atomic mass is 10.1. The van der Waals surface area contributed by atoms with Crippen LogP contribution in [0.1, 0.15) is 23.6 Å². The van der Waals surface area contributed by atoms with Crippen LogP contribution in [0, 0.1) is 13.8 Å². The molecule has 0 aliphatic carbocycles. The smallest absolute Gasteiger partial charge is 0.328 e. The van der Waals surface area contributed by atoms with E-state index in [0.29, 0.717) is 11.3 Å². The molecule has 0 aromatic heterocycles. The van der Waals surface area contributed by atoms with E-state index in [9.17, 15) is 18.0 Å². The van der Waals surface area contributed by atoms with Crippen molar-refractivity contribution in [3.8, 4) is 0 Å². The molecule has 0 fully saturated rings. The topological polar surface area (TPSA) is 121 Å². The second-order valence-corrected chi connectivity index (χ2v) is 7.31. The Morgan fingerprint density at radius 3 is 2.25 bits per heavy atom. The summed E-state index contributed by atoms with van der Waals surface area (Å²) in [4.78, 5) is 21.5. The lowest BCUT2D eigenvalue weighted by Gasteiger charge is -2.07. The van der Waals surface area contributed by atoms with Crippen molar-refractivity contribution >= 4 is 27.7 Å². The Morgan fingerprint density at radius 1 is 1.07 bits per heavy atom. The predicted molar refractivity (Wildman–Crippen MR) is 107 cm³/mol. The number of amides is 1. The summed E-state index contributed by atoms with van der Waals surface area (Å²) in [6, 6.07) is 12.3. The third-order valence-electron chi connectivity index (χ3n) is 3.65. The Balaban J connectivity index is 0.000000292. The summed E-state index contributed by atoms with van der Waals surface area (Å²) in [5, 5.41) is 11.0. The largest absolute Gasteiger partial charge is 0.478 e. The van der Waals surface area contributed by atoms with Crippen LogP contribution in [0.5, 0.6) is 0 Å². The van der Waals surface area contributed by atoms with Crippen LogP contribution in [0.25, 0.3) is 0 Å². The van der Waals surface area contributed by atoms with Crippen LogP contribution in [0.15, 0.2) is 59.5 Å². The van der Waals surface area contributed by atoms with Gasteiger partial charge < -0.3 is 10.4 Å². The molecule has 0 heterocycles. The van der Waals surface area contributed by atoms with Crippen molar-refractivity contribution in [2.75, 3.05) is 5.32 Å². The summed E-state index contributed by atoms with van der Waals surface area (Å²) in [7, 11) is -4.06. The zero-order chi connectivity index (χ0) is 21.3. The maximum Gasteiger partial charge on any atom is 0.328 e. The minimum absolute atomic E-state index is 0.0116. The van der Waals surface area contributed by atoms with E-state index in [0.717, 1.165) is 29.7 Å². The van der Waals surface area contributed by atoms with Gasteiger partial charge in [0.15, 0.2) is 0 Å². The first-order chi connectivity index (χ1) is 13.0. The van der Waals surface area contributed by atoms with Gasteiger partial charge in [-0.25, -0.2) is 4.79 Å². The van der Waals surface area contributed by atoms with Gasteiger partial charge in [0, 0.05) is 17.8 Å². The molecular formula is C20H23NO6S. The average Bonchev–Trinajstić information content (AvgIpc) is 2.62. The van der Waals surface area contributed by atoms with Crippen molar-refractivity contribution in [2.45, 2.75) is 32.1 Å². The zero-order valence-corrected chi connectivity index (χ0v) is 16.7. The quantitative estimate of drug-likeness (QED) is 0.518. The molecular weight excluding hydrogens is 382 g/mol. The van der Waals surface area contributed by atoms with Crippen molar-refractivity contribution in [3.63, 3.8) is 0 Å². The summed E-state index contributed by atoms with van der Waals surface area (Å²) in [6.07, 6.45) is 2.61. The number of carboxylic acid groups (broad SMARTS) is 1. The van der Waals surface area contributed by atoms with Gasteiger partial charge in [-0.05, 0) is 49.1 Å². The standard InChI is InChI=1S/C12H13NO3.C8H10O3S/c1-2-9-5-3-4-6-10(9)13-11(14)7-8-12(15)16;1-6-3-4-7(2)8(5-6)12(9,10)11/h3-8H,2H2,1H3,(H,13,14)(H,15,16);3-5H,1-2H3,(H,9,10,11)/b8-7-;. The summed E-state index contributed by atoms with van der Waals surface area (Å²) in [6.45, 7) is 5.40. The molecule has 0 bridgehead atoms. The highest BCUT2D eigenvalue weighted by Gasteiger charge is 2.12. The molecule has 2 rings (SSSR count). The number of benzene rings is 2. The van der Waals surface area contributed by atoms with Gasteiger partial charge in [-0.15, -0.1) is 0 Å². The molecule has 28 heavy (non-hydrogen) atoms. The summed E-state index contributed by atoms with van der Waals surface area (Å²) >= 11 is 0. The van der Waals surface area contributed by atoms with E-state index in [4.69, 9.17) is 9.66 Å². The first kappa shape index (κ1) is 23.1. The van der Waals surface area contributed by atoms with Crippen molar-refractivity contribution < 1.29 is 27.7 Å². The molecule has 0 aliphatic heterocycles. The highest BCUT2D eigenvalue weighted by Crippen LogP contribution is 2.16. The number of anilines is 1. The van der Waals surface area contributed by atoms with Crippen molar-refractivity contribution in [1.29, 1.82) is 0 Å². The van der Waals surface area contributed by atoms with E-state index < -0.39 is 22.0 Å². The molecule has 0 spiro atoms. The molecule has 2 aromatic carbocycles. The van der Waals surface area contributed by atoms with Gasteiger partial charge in [-0.2, -0.15) is 8.42 Å². The number of para-hydroxylation sites is 1. The van der Waals surface area contributed by atoms with Crippen LogP contribution in [0.4, 0.5) is 5.69 Å². The van der Waals surface area contributed by atoms with Crippen LogP contribution in [-0.4, -0.2) is 30.0 Å². The maximum atomic E-state index is 11.3. The SMILES string of the molecule is CCc1ccccc1NC(=O)/C=C\C(=O)O.Cc1ccc(C)c(S(=O)(=O)O)c1. The number of hydrogen-bond acceptors (Lipinski definition) is 4. The molecule has 0 unspecified atom stereocenters. The fraction of sp³-hybridized carbons (Fsp3) is 0.200. The molecule has 0 radical (unpaired) electrons. The first-order valence-electron chi connectivity index (χ1n) is 8.39. The van der Waals surface area contributed by atoms with Gasteiger partial charge in [0.05, 0.1) is 4.90 Å². The van der Waals surface area contributed by atoms with Gasteiger partial charge in [-0.1, -0.05) is 37.3 Å². The van der Waals surface area contributed by atoms with Crippen LogP contribution < -0.4 is 5.32 Å². The van der Waals surface area contributed by atoms with E-state index in [-0.39, 0.29) is 4.90 Å². The van der Waals surface area contributed by atoms with Gasteiger partial charge in [0.2, 0.25) is 5.91 Å². The Bertz CT molecular complexity index is 980. The first-order valence-corrected chi connectivity index (χ1v) is 9.83. The molecule has 8 heteroatoms. The maximum absolute atomic E-state index is 11.3. The summed E-state index contributed by atoms with van der Waals surface area (Å²) in [5.41, 5.74) is 3.10. The third-order valence-corrected chi connectivity index (χ3v) is 4.65. The van der Waals surface area contributed by atoms with Gasteiger partial charge in [0.25, 0.3) is 10.1 Å². The molecule has 0 saturated heterocycles. The van der Waals surface area contributed by atoms with Crippen LogP contribution in [0.3, 0.4) is 0 Å². The Kier molecular flexibility index (Phi) is 8.56. The normalized spacial score (nSPS) is 10.9. The molecule has 0 aliphatic rings. The fourth-order valence-electron chi connectivity index (χ4n) is 2.26. The number of carbonyl (C=O) groups is 2. The van der Waals surface area contributed by atoms with E-state index in [1.54, 1.807) is 32.0 Å². The van der Waals surface area contributed by atoms with E-state index in [2.05, 4.69) is 5.32 Å². The number of aryl methyl sites for hydroxylation is 3. The highest BCUT2D eigenvalue weighted by atomic mass is 32.2. The zero-order valence-electron chi connectivity index (χ0n) is 15.8. The Morgan fingerprint density at radius 2 is 1.71 bits per heavy atom. The van der Waals surface area contributed by atoms with Gasteiger partial charge in [-0.3, -0.25) is 9.35 Å². The van der Waals surface area contributed by atoms with E-state index in [1.807, 2.05) is 25.1 Å². The molecule has 1 amide bonds. The van der Waals surface area contributed by atoms with Crippen molar-refractivity contribution in [1.82, 2.24) is 0 Å². The number of rotatable bonds is 5. The number of hydrogen-bond donors (Lipinski definition) is 3. The molecule has 7 nitrogen and oxygen atoms in total. The van der Waals surface area contributed by atoms with Gasteiger partial charge in [0.1, 0.15) is 0 Å². The van der Waals surface area contributed by atoms with E-state index >= 15 is 0 Å². The summed E-state index contributed by atoms with van der Waals surface area (Å²) in [5.74, 6) is -1.58. The van der Waals surface area contributed by atoms with Crippen LogP contribution in [-0.2, 0) is 26.1 Å². The minimum Gasteiger partial charge on any atom is -0.478 e. The Hall–Kier alpha value is -2.97. The number of aliphatic carboxylic acids is 1. The van der Waals surface area contributed by atoms with Crippen molar-refractivity contribution in [3.05, 3.63) is 71.3 Å². The minimum atomic E-state index is -4.06. The third kappa shape index (κ3) is 7.73. The molecule has 0 saturated carbocycles. The van der Waals surface area contributed by atoms with Crippen LogP contribution in [0.2, 0.25) is 0 Å². The second-order valence-electron chi connectivity index (χ2n) is 5.92. The number of carbonyl (C=O) groups excluding carboxylic acids is 1. The predicted octanol–water partition coefficient (Wildman–Crippen LogP) is 3.38. The molecule has 0 atom stereocenters. The average molecular weight is 405 g/mol. The van der Waals surface area contributed by atoms with E-state index in [1.165, 1.54) is 6.07 Å². The van der Waals surface area contributed by atoms with Crippen LogP contribution >= 0.6 is 0 Å². The second kappa shape index (κ2) is 10.4. The Labute approximate surface area is 164 Å². The van der Waals surface area contributed by atoms with Crippen molar-refractivity contribution in [2.24, 2.45) is 0 Å². The number of carboxylic acids is 1. The number of nitrogens with one attached hydrogen (secondary N) is 1. The fourth-order valence-corrected chi connectivity index (χ4v) is 3.07. The lowest BCUT2D eigenvalue weighted by molar-refractivity contribution is -0.131. The highest BCUT2D eigenvalue weighted by molar-refractivity contribution is 7.85. The van der Waals surface area contributed by atoms with Gasteiger partial charge >= 0.3 is 5.97 Å².